The highest BCUT2D eigenvalue weighted by molar-refractivity contribution is 9.09. The largest absolute Gasteiger partial charge is 0.456 e. The van der Waals surface area contributed by atoms with Gasteiger partial charge in [-0.25, -0.2) is 0 Å². The summed E-state index contributed by atoms with van der Waals surface area (Å²) in [6.45, 7) is 2.60. The highest BCUT2D eigenvalue weighted by Crippen LogP contribution is 2.48. The van der Waals surface area contributed by atoms with Gasteiger partial charge < -0.3 is 9.73 Å². The number of rotatable bonds is 5. The summed E-state index contributed by atoms with van der Waals surface area (Å²) in [7, 11) is 0. The van der Waals surface area contributed by atoms with E-state index in [9.17, 15) is 4.79 Å². The highest BCUT2D eigenvalue weighted by atomic mass is 79.9. The van der Waals surface area contributed by atoms with Crippen molar-refractivity contribution in [2.75, 3.05) is 11.9 Å². The number of carbonyl (C=O) groups excluding carboxylic acids is 1. The lowest BCUT2D eigenvalue weighted by Gasteiger charge is -2.13. The van der Waals surface area contributed by atoms with Crippen LogP contribution in [0, 0.1) is 12.3 Å². The molecule has 88 valence electrons. The van der Waals surface area contributed by atoms with Gasteiger partial charge in [-0.1, -0.05) is 15.9 Å². The molecule has 2 rings (SSSR count). The standard InChI is InChI=1S/C12H16BrNO2/c1-9-2-3-10(16-9)11(15)14-8-12(4-5-12)6-7-13/h2-3H,4-8H2,1H3,(H,14,15). The molecule has 0 saturated heterocycles. The van der Waals surface area contributed by atoms with Crippen molar-refractivity contribution in [2.45, 2.75) is 26.2 Å². The lowest BCUT2D eigenvalue weighted by molar-refractivity contribution is 0.0915. The van der Waals surface area contributed by atoms with Crippen LogP contribution in [0.4, 0.5) is 0 Å². The number of halogens is 1. The van der Waals surface area contributed by atoms with Crippen molar-refractivity contribution in [3.8, 4) is 0 Å². The summed E-state index contributed by atoms with van der Waals surface area (Å²) in [4.78, 5) is 11.7. The fourth-order valence-corrected chi connectivity index (χ4v) is 2.64. The average molecular weight is 286 g/mol. The van der Waals surface area contributed by atoms with E-state index in [0.717, 1.165) is 24.1 Å². The first-order valence-corrected chi connectivity index (χ1v) is 6.68. The Balaban J connectivity index is 1.84. The van der Waals surface area contributed by atoms with Crippen LogP contribution in [0.1, 0.15) is 35.6 Å². The van der Waals surface area contributed by atoms with Crippen LogP contribution in [0.25, 0.3) is 0 Å². The summed E-state index contributed by atoms with van der Waals surface area (Å²) >= 11 is 3.45. The van der Waals surface area contributed by atoms with E-state index in [0.29, 0.717) is 11.2 Å². The number of alkyl halides is 1. The van der Waals surface area contributed by atoms with E-state index in [1.165, 1.54) is 12.8 Å². The molecule has 16 heavy (non-hydrogen) atoms. The molecular formula is C12H16BrNO2. The number of nitrogens with one attached hydrogen (secondary N) is 1. The first-order valence-electron chi connectivity index (χ1n) is 5.56. The van der Waals surface area contributed by atoms with Crippen molar-refractivity contribution in [1.29, 1.82) is 0 Å². The van der Waals surface area contributed by atoms with Crippen LogP contribution < -0.4 is 5.32 Å². The molecule has 0 atom stereocenters. The fraction of sp³-hybridized carbons (Fsp3) is 0.583. The Hall–Kier alpha value is -0.770. The number of hydrogen-bond acceptors (Lipinski definition) is 2. The van der Waals surface area contributed by atoms with Crippen LogP contribution in [0.5, 0.6) is 0 Å². The number of carbonyl (C=O) groups is 1. The van der Waals surface area contributed by atoms with Crippen molar-refractivity contribution in [3.63, 3.8) is 0 Å². The summed E-state index contributed by atoms with van der Waals surface area (Å²) in [6.07, 6.45) is 3.57. The van der Waals surface area contributed by atoms with E-state index in [1.54, 1.807) is 12.1 Å². The van der Waals surface area contributed by atoms with Crippen molar-refractivity contribution >= 4 is 21.8 Å². The van der Waals surface area contributed by atoms with Gasteiger partial charge in [0.15, 0.2) is 5.76 Å². The van der Waals surface area contributed by atoms with E-state index < -0.39 is 0 Å². The average Bonchev–Trinajstić information content (AvgIpc) is 2.89. The number of furan rings is 1. The third-order valence-corrected chi connectivity index (χ3v) is 3.57. The SMILES string of the molecule is Cc1ccc(C(=O)NCC2(CCBr)CC2)o1. The second-order valence-electron chi connectivity index (χ2n) is 4.53. The molecule has 0 bridgehead atoms. The number of amides is 1. The second kappa shape index (κ2) is 4.62. The van der Waals surface area contributed by atoms with E-state index >= 15 is 0 Å². The third-order valence-electron chi connectivity index (χ3n) is 3.17. The van der Waals surface area contributed by atoms with Crippen molar-refractivity contribution < 1.29 is 9.21 Å². The van der Waals surface area contributed by atoms with Gasteiger partial charge in [0.1, 0.15) is 5.76 Å². The predicted molar refractivity (Wildman–Crippen MR) is 65.9 cm³/mol. The van der Waals surface area contributed by atoms with Crippen LogP contribution in [0.2, 0.25) is 0 Å². The van der Waals surface area contributed by atoms with E-state index in [4.69, 9.17) is 4.42 Å². The molecule has 3 nitrogen and oxygen atoms in total. The molecule has 1 amide bonds. The zero-order valence-electron chi connectivity index (χ0n) is 9.38. The summed E-state index contributed by atoms with van der Waals surface area (Å²) in [6, 6.07) is 3.52. The van der Waals surface area contributed by atoms with Gasteiger partial charge >= 0.3 is 0 Å². The maximum absolute atomic E-state index is 11.7. The second-order valence-corrected chi connectivity index (χ2v) is 5.32. The van der Waals surface area contributed by atoms with Gasteiger partial charge in [-0.15, -0.1) is 0 Å². The molecule has 0 unspecified atom stereocenters. The van der Waals surface area contributed by atoms with Crippen molar-refractivity contribution in [1.82, 2.24) is 5.32 Å². The maximum atomic E-state index is 11.7. The van der Waals surface area contributed by atoms with Gasteiger partial charge in [0, 0.05) is 11.9 Å². The van der Waals surface area contributed by atoms with Gasteiger partial charge in [-0.2, -0.15) is 0 Å². The Kier molecular flexibility index (Phi) is 3.38. The van der Waals surface area contributed by atoms with Gasteiger partial charge in [0.25, 0.3) is 5.91 Å². The molecular weight excluding hydrogens is 270 g/mol. The quantitative estimate of drug-likeness (QED) is 0.846. The van der Waals surface area contributed by atoms with Crippen molar-refractivity contribution in [2.24, 2.45) is 5.41 Å². The zero-order valence-corrected chi connectivity index (χ0v) is 11.0. The minimum absolute atomic E-state index is 0.103. The molecule has 1 fully saturated rings. The van der Waals surface area contributed by atoms with Crippen LogP contribution in [0.3, 0.4) is 0 Å². The minimum Gasteiger partial charge on any atom is -0.456 e. The Morgan fingerprint density at radius 1 is 1.56 bits per heavy atom. The summed E-state index contributed by atoms with van der Waals surface area (Å²) in [5.74, 6) is 1.08. The monoisotopic (exact) mass is 285 g/mol. The maximum Gasteiger partial charge on any atom is 0.287 e. The van der Waals surface area contributed by atoms with E-state index in [1.807, 2.05) is 6.92 Å². The lowest BCUT2D eigenvalue weighted by Crippen LogP contribution is -2.30. The molecule has 0 aromatic carbocycles. The van der Waals surface area contributed by atoms with Gasteiger partial charge in [0.05, 0.1) is 0 Å². The molecule has 4 heteroatoms. The molecule has 1 saturated carbocycles. The number of hydrogen-bond donors (Lipinski definition) is 1. The first kappa shape index (κ1) is 11.7. The topological polar surface area (TPSA) is 42.2 Å². The van der Waals surface area contributed by atoms with E-state index in [-0.39, 0.29) is 5.91 Å². The Labute approximate surface area is 104 Å². The van der Waals surface area contributed by atoms with Crippen molar-refractivity contribution in [3.05, 3.63) is 23.7 Å². The molecule has 1 heterocycles. The lowest BCUT2D eigenvalue weighted by atomic mass is 10.0. The predicted octanol–water partition coefficient (Wildman–Crippen LogP) is 2.88. The summed E-state index contributed by atoms with van der Waals surface area (Å²) in [5, 5.41) is 3.95. The van der Waals surface area contributed by atoms with Gasteiger partial charge in [-0.05, 0) is 43.7 Å². The molecule has 1 aliphatic rings. The van der Waals surface area contributed by atoms with Crippen LogP contribution >= 0.6 is 15.9 Å². The van der Waals surface area contributed by atoms with Crippen LogP contribution in [0.15, 0.2) is 16.5 Å². The molecule has 1 N–H and O–H groups in total. The third kappa shape index (κ3) is 2.67. The Morgan fingerprint density at radius 3 is 2.81 bits per heavy atom. The molecule has 0 radical (unpaired) electrons. The van der Waals surface area contributed by atoms with Gasteiger partial charge in [-0.3, -0.25) is 4.79 Å². The van der Waals surface area contributed by atoms with Crippen LogP contribution in [-0.4, -0.2) is 17.8 Å². The minimum atomic E-state index is -0.103. The Morgan fingerprint density at radius 2 is 2.31 bits per heavy atom. The smallest absolute Gasteiger partial charge is 0.287 e. The van der Waals surface area contributed by atoms with E-state index in [2.05, 4.69) is 21.2 Å². The molecule has 1 aromatic heterocycles. The first-order chi connectivity index (χ1) is 7.65. The normalized spacial score (nSPS) is 17.1. The summed E-state index contributed by atoms with van der Waals surface area (Å²) in [5.41, 5.74) is 0.348. The molecule has 1 aromatic rings. The summed E-state index contributed by atoms with van der Waals surface area (Å²) < 4.78 is 5.27. The zero-order chi connectivity index (χ0) is 11.6. The fourth-order valence-electron chi connectivity index (χ4n) is 1.80. The number of aryl methyl sites for hydroxylation is 1. The van der Waals surface area contributed by atoms with Gasteiger partial charge in [0.2, 0.25) is 0 Å². The Bertz CT molecular complexity index is 382. The molecule has 1 aliphatic carbocycles. The van der Waals surface area contributed by atoms with Crippen LogP contribution in [-0.2, 0) is 0 Å². The molecule has 0 spiro atoms. The highest BCUT2D eigenvalue weighted by Gasteiger charge is 2.41. The molecule has 0 aliphatic heterocycles.